The summed E-state index contributed by atoms with van der Waals surface area (Å²) >= 11 is 0. The Labute approximate surface area is 161 Å². The van der Waals surface area contributed by atoms with Crippen LogP contribution >= 0.6 is 0 Å². The summed E-state index contributed by atoms with van der Waals surface area (Å²) in [7, 11) is 0. The fraction of sp³-hybridized carbons (Fsp3) is 0.579. The molecule has 9 heteroatoms. The number of nitrogens with one attached hydrogen (secondary N) is 1. The molecular formula is C19H24F3NO5. The number of para-hydroxylation sites is 1. The van der Waals surface area contributed by atoms with E-state index in [0.717, 1.165) is 6.07 Å². The van der Waals surface area contributed by atoms with Gasteiger partial charge in [0.05, 0.1) is 17.6 Å². The van der Waals surface area contributed by atoms with Crippen LogP contribution in [0.5, 0.6) is 5.75 Å². The molecule has 0 saturated heterocycles. The first-order valence-corrected chi connectivity index (χ1v) is 8.86. The summed E-state index contributed by atoms with van der Waals surface area (Å²) in [5, 5.41) is 11.6. The SMILES string of the molecule is CC(C)(C)OC(=O)NCc1cccc(C(F)(F)F)c1OCCC1(C(=O)O)CC1. The highest BCUT2D eigenvalue weighted by atomic mass is 19.4. The van der Waals surface area contributed by atoms with Crippen LogP contribution in [-0.2, 0) is 22.3 Å². The van der Waals surface area contributed by atoms with Gasteiger partial charge in [-0.15, -0.1) is 0 Å². The molecule has 0 aromatic heterocycles. The summed E-state index contributed by atoms with van der Waals surface area (Å²) in [5.41, 5.74) is -2.49. The maximum atomic E-state index is 13.4. The van der Waals surface area contributed by atoms with Crippen molar-refractivity contribution < 1.29 is 37.3 Å². The van der Waals surface area contributed by atoms with Crippen molar-refractivity contribution in [3.05, 3.63) is 29.3 Å². The Bertz CT molecular complexity index is 736. The third-order valence-corrected chi connectivity index (χ3v) is 4.36. The molecule has 0 aliphatic heterocycles. The quantitative estimate of drug-likeness (QED) is 0.707. The summed E-state index contributed by atoms with van der Waals surface area (Å²) in [6.45, 7) is 4.61. The van der Waals surface area contributed by atoms with Crippen LogP contribution in [0.25, 0.3) is 0 Å². The van der Waals surface area contributed by atoms with E-state index >= 15 is 0 Å². The molecule has 1 aliphatic carbocycles. The minimum Gasteiger partial charge on any atom is -0.493 e. The van der Waals surface area contributed by atoms with E-state index in [1.54, 1.807) is 20.8 Å². The molecule has 28 heavy (non-hydrogen) atoms. The van der Waals surface area contributed by atoms with E-state index in [1.165, 1.54) is 12.1 Å². The molecule has 0 unspecified atom stereocenters. The Morgan fingerprint density at radius 1 is 1.21 bits per heavy atom. The van der Waals surface area contributed by atoms with E-state index < -0.39 is 40.6 Å². The number of benzene rings is 1. The zero-order valence-electron chi connectivity index (χ0n) is 16.0. The van der Waals surface area contributed by atoms with Gasteiger partial charge in [-0.1, -0.05) is 12.1 Å². The molecule has 0 heterocycles. The van der Waals surface area contributed by atoms with E-state index in [0.29, 0.717) is 12.8 Å². The van der Waals surface area contributed by atoms with Crippen molar-refractivity contribution in [2.24, 2.45) is 5.41 Å². The number of rotatable bonds is 7. The number of alkyl halides is 3. The molecule has 1 aromatic rings. The van der Waals surface area contributed by atoms with Gasteiger partial charge < -0.3 is 19.9 Å². The van der Waals surface area contributed by atoms with Gasteiger partial charge in [-0.05, 0) is 46.1 Å². The second-order valence-electron chi connectivity index (χ2n) is 7.83. The summed E-state index contributed by atoms with van der Waals surface area (Å²) in [6.07, 6.45) is -4.33. The van der Waals surface area contributed by atoms with Crippen molar-refractivity contribution in [2.45, 2.75) is 58.4 Å². The number of alkyl carbamates (subject to hydrolysis) is 1. The summed E-state index contributed by atoms with van der Waals surface area (Å²) < 4.78 is 50.6. The zero-order valence-corrected chi connectivity index (χ0v) is 16.0. The topological polar surface area (TPSA) is 84.9 Å². The molecule has 1 aliphatic rings. The Balaban J connectivity index is 2.13. The van der Waals surface area contributed by atoms with E-state index in [1.807, 2.05) is 0 Å². The van der Waals surface area contributed by atoms with Crippen LogP contribution in [0.1, 0.15) is 51.2 Å². The molecule has 2 rings (SSSR count). The van der Waals surface area contributed by atoms with Gasteiger partial charge in [-0.3, -0.25) is 4.79 Å². The monoisotopic (exact) mass is 403 g/mol. The number of aliphatic carboxylic acids is 1. The van der Waals surface area contributed by atoms with E-state index in [2.05, 4.69) is 5.32 Å². The predicted molar refractivity (Wildman–Crippen MR) is 93.9 cm³/mol. The zero-order chi connectivity index (χ0) is 21.2. The number of amides is 1. The number of carboxylic acids is 1. The summed E-state index contributed by atoms with van der Waals surface area (Å²) in [5.74, 6) is -1.38. The number of carbonyl (C=O) groups excluding carboxylic acids is 1. The van der Waals surface area contributed by atoms with Gasteiger partial charge >= 0.3 is 18.2 Å². The standard InChI is InChI=1S/C19H24F3NO5/c1-17(2,3)28-16(26)23-11-12-5-4-6-13(19(20,21)22)14(12)27-10-9-18(7-8-18)15(24)25/h4-6H,7-11H2,1-3H3,(H,23,26)(H,24,25). The lowest BCUT2D eigenvalue weighted by Crippen LogP contribution is -2.32. The fourth-order valence-corrected chi connectivity index (χ4v) is 2.67. The van der Waals surface area contributed by atoms with E-state index in [9.17, 15) is 27.9 Å². The molecule has 1 amide bonds. The van der Waals surface area contributed by atoms with Crippen molar-refractivity contribution >= 4 is 12.1 Å². The number of hydrogen-bond acceptors (Lipinski definition) is 4. The van der Waals surface area contributed by atoms with Crippen LogP contribution in [0.4, 0.5) is 18.0 Å². The highest BCUT2D eigenvalue weighted by Crippen LogP contribution is 2.49. The van der Waals surface area contributed by atoms with Crippen LogP contribution in [0, 0.1) is 5.41 Å². The largest absolute Gasteiger partial charge is 0.493 e. The number of carboxylic acid groups (broad SMARTS) is 1. The maximum absolute atomic E-state index is 13.4. The maximum Gasteiger partial charge on any atom is 0.419 e. The van der Waals surface area contributed by atoms with Crippen molar-refractivity contribution in [3.8, 4) is 5.75 Å². The molecular weight excluding hydrogens is 379 g/mol. The Hall–Kier alpha value is -2.45. The van der Waals surface area contributed by atoms with Crippen LogP contribution in [0.15, 0.2) is 18.2 Å². The van der Waals surface area contributed by atoms with Gasteiger partial charge in [0.1, 0.15) is 11.4 Å². The average Bonchev–Trinajstić information content (AvgIpc) is 3.32. The van der Waals surface area contributed by atoms with Gasteiger partial charge in [0.15, 0.2) is 0 Å². The minimum atomic E-state index is -4.65. The van der Waals surface area contributed by atoms with Crippen LogP contribution < -0.4 is 10.1 Å². The Morgan fingerprint density at radius 2 is 1.86 bits per heavy atom. The second kappa shape index (κ2) is 7.89. The third-order valence-electron chi connectivity index (χ3n) is 4.36. The molecule has 0 bridgehead atoms. The predicted octanol–water partition coefficient (Wildman–Crippen LogP) is 4.36. The van der Waals surface area contributed by atoms with Crippen molar-refractivity contribution in [1.82, 2.24) is 5.32 Å². The lowest BCUT2D eigenvalue weighted by molar-refractivity contribution is -0.144. The van der Waals surface area contributed by atoms with Gasteiger partial charge in [0, 0.05) is 12.1 Å². The molecule has 1 aromatic carbocycles. The molecule has 0 radical (unpaired) electrons. The normalized spacial score (nSPS) is 15.6. The number of ether oxygens (including phenoxy) is 2. The molecule has 2 N–H and O–H groups in total. The first-order chi connectivity index (χ1) is 12.8. The molecule has 6 nitrogen and oxygen atoms in total. The Morgan fingerprint density at radius 3 is 2.36 bits per heavy atom. The molecule has 1 fully saturated rings. The molecule has 0 spiro atoms. The van der Waals surface area contributed by atoms with Gasteiger partial charge in [-0.25, -0.2) is 4.79 Å². The second-order valence-corrected chi connectivity index (χ2v) is 7.83. The number of halogens is 3. The first-order valence-electron chi connectivity index (χ1n) is 8.86. The smallest absolute Gasteiger partial charge is 0.419 e. The van der Waals surface area contributed by atoms with Crippen LogP contribution in [0.3, 0.4) is 0 Å². The van der Waals surface area contributed by atoms with Gasteiger partial charge in [0.2, 0.25) is 0 Å². The molecule has 1 saturated carbocycles. The van der Waals surface area contributed by atoms with Crippen molar-refractivity contribution in [3.63, 3.8) is 0 Å². The van der Waals surface area contributed by atoms with Gasteiger partial charge in [0.25, 0.3) is 0 Å². The van der Waals surface area contributed by atoms with Gasteiger partial charge in [-0.2, -0.15) is 13.2 Å². The van der Waals surface area contributed by atoms with Crippen molar-refractivity contribution in [2.75, 3.05) is 6.61 Å². The van der Waals surface area contributed by atoms with E-state index in [4.69, 9.17) is 9.47 Å². The highest BCUT2D eigenvalue weighted by Gasteiger charge is 2.50. The Kier molecular flexibility index (Phi) is 6.15. The third kappa shape index (κ3) is 5.77. The van der Waals surface area contributed by atoms with E-state index in [-0.39, 0.29) is 25.1 Å². The van der Waals surface area contributed by atoms with Crippen molar-refractivity contribution in [1.29, 1.82) is 0 Å². The molecule has 0 atom stereocenters. The first kappa shape index (κ1) is 21.8. The fourth-order valence-electron chi connectivity index (χ4n) is 2.67. The number of carbonyl (C=O) groups is 2. The molecule has 156 valence electrons. The lowest BCUT2D eigenvalue weighted by atomic mass is 10.0. The number of hydrogen-bond donors (Lipinski definition) is 2. The highest BCUT2D eigenvalue weighted by molar-refractivity contribution is 5.77. The summed E-state index contributed by atoms with van der Waals surface area (Å²) in [6, 6.07) is 3.52. The van der Waals surface area contributed by atoms with Crippen LogP contribution in [-0.4, -0.2) is 29.4 Å². The summed E-state index contributed by atoms with van der Waals surface area (Å²) in [4.78, 5) is 23.0. The minimum absolute atomic E-state index is 0.119. The van der Waals surface area contributed by atoms with Crippen LogP contribution in [0.2, 0.25) is 0 Å². The average molecular weight is 403 g/mol. The lowest BCUT2D eigenvalue weighted by Gasteiger charge is -2.21.